The van der Waals surface area contributed by atoms with Crippen LogP contribution >= 0.6 is 0 Å². The molecule has 1 saturated carbocycles. The smallest absolute Gasteiger partial charge is 0.303 e. The first kappa shape index (κ1) is 16.3. The molecule has 2 aliphatic rings. The fraction of sp³-hybridized carbons (Fsp3) is 0.562. The maximum absolute atomic E-state index is 12.9. The van der Waals surface area contributed by atoms with E-state index < -0.39 is 16.0 Å². The molecule has 1 heterocycles. The third-order valence-electron chi connectivity index (χ3n) is 4.88. The number of piperidine rings is 1. The van der Waals surface area contributed by atoms with Crippen LogP contribution in [0.15, 0.2) is 29.2 Å². The molecule has 1 N–H and O–H groups in total. The van der Waals surface area contributed by atoms with E-state index in [0.717, 1.165) is 12.8 Å². The Kier molecular flexibility index (Phi) is 4.10. The van der Waals surface area contributed by atoms with E-state index in [9.17, 15) is 13.2 Å². The molecule has 126 valence electrons. The minimum Gasteiger partial charge on any atom is -0.497 e. The molecule has 3 rings (SSSR count). The minimum atomic E-state index is -3.55. The highest BCUT2D eigenvalue weighted by Crippen LogP contribution is 2.52. The number of hydrogen-bond acceptors (Lipinski definition) is 4. The van der Waals surface area contributed by atoms with Crippen LogP contribution < -0.4 is 4.74 Å². The van der Waals surface area contributed by atoms with Crippen LogP contribution in [0.1, 0.15) is 32.1 Å². The van der Waals surface area contributed by atoms with Crippen LogP contribution in [0.5, 0.6) is 5.75 Å². The Bertz CT molecular complexity index is 694. The monoisotopic (exact) mass is 339 g/mol. The van der Waals surface area contributed by atoms with E-state index in [0.29, 0.717) is 25.1 Å². The van der Waals surface area contributed by atoms with Crippen LogP contribution in [0.2, 0.25) is 0 Å². The van der Waals surface area contributed by atoms with Gasteiger partial charge in [-0.2, -0.15) is 4.31 Å². The molecule has 1 saturated heterocycles. The quantitative estimate of drug-likeness (QED) is 0.888. The van der Waals surface area contributed by atoms with Gasteiger partial charge in [-0.05, 0) is 55.9 Å². The molecule has 0 bridgehead atoms. The van der Waals surface area contributed by atoms with Crippen LogP contribution in [-0.4, -0.2) is 43.0 Å². The van der Waals surface area contributed by atoms with Crippen molar-refractivity contribution in [1.29, 1.82) is 0 Å². The van der Waals surface area contributed by atoms with Crippen LogP contribution in [0.3, 0.4) is 0 Å². The lowest BCUT2D eigenvalue weighted by Crippen LogP contribution is -2.48. The first-order chi connectivity index (χ1) is 10.9. The van der Waals surface area contributed by atoms with Gasteiger partial charge in [0, 0.05) is 18.5 Å². The SMILES string of the molecule is COc1ccc(S(=O)(=O)N2CCC(CC(=O)O)CC23CC3)cc1. The first-order valence-electron chi connectivity index (χ1n) is 7.76. The van der Waals surface area contributed by atoms with Crippen molar-refractivity contribution in [2.24, 2.45) is 5.92 Å². The van der Waals surface area contributed by atoms with Crippen molar-refractivity contribution < 1.29 is 23.1 Å². The van der Waals surface area contributed by atoms with Gasteiger partial charge in [0.05, 0.1) is 12.0 Å². The highest BCUT2D eigenvalue weighted by Gasteiger charge is 2.55. The molecular weight excluding hydrogens is 318 g/mol. The van der Waals surface area contributed by atoms with Crippen molar-refractivity contribution in [2.75, 3.05) is 13.7 Å². The molecule has 0 aromatic heterocycles. The summed E-state index contributed by atoms with van der Waals surface area (Å²) in [5.74, 6) is -0.125. The van der Waals surface area contributed by atoms with E-state index in [1.807, 2.05) is 0 Å². The molecule has 1 aromatic carbocycles. The molecule has 23 heavy (non-hydrogen) atoms. The summed E-state index contributed by atoms with van der Waals surface area (Å²) in [6.07, 6.45) is 3.01. The fourth-order valence-electron chi connectivity index (χ4n) is 3.55. The predicted octanol–water partition coefficient (Wildman–Crippen LogP) is 2.10. The highest BCUT2D eigenvalue weighted by molar-refractivity contribution is 7.89. The number of methoxy groups -OCH3 is 1. The van der Waals surface area contributed by atoms with Gasteiger partial charge in [0.25, 0.3) is 0 Å². The first-order valence-corrected chi connectivity index (χ1v) is 9.20. The van der Waals surface area contributed by atoms with Crippen LogP contribution in [0.4, 0.5) is 0 Å². The summed E-state index contributed by atoms with van der Waals surface area (Å²) in [5, 5.41) is 8.97. The lowest BCUT2D eigenvalue weighted by molar-refractivity contribution is -0.138. The van der Waals surface area contributed by atoms with Gasteiger partial charge in [-0.3, -0.25) is 4.79 Å². The summed E-state index contributed by atoms with van der Waals surface area (Å²) in [6.45, 7) is 0.395. The second-order valence-corrected chi connectivity index (χ2v) is 8.30. The zero-order valence-electron chi connectivity index (χ0n) is 13.1. The number of sulfonamides is 1. The van der Waals surface area contributed by atoms with E-state index in [4.69, 9.17) is 9.84 Å². The van der Waals surface area contributed by atoms with E-state index in [-0.39, 0.29) is 22.8 Å². The van der Waals surface area contributed by atoms with Crippen molar-refractivity contribution in [3.8, 4) is 5.75 Å². The van der Waals surface area contributed by atoms with Gasteiger partial charge in [-0.15, -0.1) is 0 Å². The molecule has 1 spiro atoms. The van der Waals surface area contributed by atoms with Gasteiger partial charge in [0.15, 0.2) is 0 Å². The Morgan fingerprint density at radius 3 is 2.52 bits per heavy atom. The standard InChI is InChI=1S/C16H21NO5S/c1-22-13-2-4-14(5-3-13)23(20,21)17-9-6-12(10-15(18)19)11-16(17)7-8-16/h2-5,12H,6-11H2,1H3,(H,18,19). The van der Waals surface area contributed by atoms with E-state index in [1.54, 1.807) is 28.6 Å². The number of hydrogen-bond donors (Lipinski definition) is 1. The molecule has 2 fully saturated rings. The van der Waals surface area contributed by atoms with Crippen molar-refractivity contribution in [3.63, 3.8) is 0 Å². The van der Waals surface area contributed by atoms with Crippen LogP contribution in [0.25, 0.3) is 0 Å². The normalized spacial score (nSPS) is 23.6. The summed E-state index contributed by atoms with van der Waals surface area (Å²) >= 11 is 0. The maximum Gasteiger partial charge on any atom is 0.303 e. The summed E-state index contributed by atoms with van der Waals surface area (Å²) in [7, 11) is -2.02. The molecular formula is C16H21NO5S. The Morgan fingerprint density at radius 1 is 1.35 bits per heavy atom. The molecule has 0 amide bonds. The third kappa shape index (κ3) is 3.07. The Balaban J connectivity index is 1.82. The Hall–Kier alpha value is -1.60. The third-order valence-corrected chi connectivity index (χ3v) is 6.89. The number of ether oxygens (including phenoxy) is 1. The maximum atomic E-state index is 12.9. The van der Waals surface area contributed by atoms with Crippen molar-refractivity contribution in [2.45, 2.75) is 42.5 Å². The number of benzene rings is 1. The van der Waals surface area contributed by atoms with E-state index >= 15 is 0 Å². The molecule has 1 aromatic rings. The second kappa shape index (κ2) is 5.79. The van der Waals surface area contributed by atoms with Gasteiger partial charge in [-0.25, -0.2) is 8.42 Å². The topological polar surface area (TPSA) is 83.9 Å². The number of aliphatic carboxylic acids is 1. The van der Waals surface area contributed by atoms with Crippen molar-refractivity contribution in [1.82, 2.24) is 4.31 Å². The number of carboxylic acids is 1. The lowest BCUT2D eigenvalue weighted by Gasteiger charge is -2.38. The predicted molar refractivity (Wildman–Crippen MR) is 83.8 cm³/mol. The molecule has 7 heteroatoms. The van der Waals surface area contributed by atoms with Crippen LogP contribution in [-0.2, 0) is 14.8 Å². The number of carboxylic acid groups (broad SMARTS) is 1. The minimum absolute atomic E-state index is 0.0670. The highest BCUT2D eigenvalue weighted by atomic mass is 32.2. The van der Waals surface area contributed by atoms with Gasteiger partial charge < -0.3 is 9.84 Å². The number of rotatable bonds is 5. The Labute approximate surface area is 136 Å². The van der Waals surface area contributed by atoms with Crippen LogP contribution in [0, 0.1) is 5.92 Å². The van der Waals surface area contributed by atoms with Gasteiger partial charge in [0.1, 0.15) is 5.75 Å². The van der Waals surface area contributed by atoms with E-state index in [1.165, 1.54) is 7.11 Å². The van der Waals surface area contributed by atoms with Gasteiger partial charge >= 0.3 is 5.97 Å². The molecule has 1 aliphatic heterocycles. The molecule has 1 atom stereocenters. The summed E-state index contributed by atoms with van der Waals surface area (Å²) in [6, 6.07) is 6.41. The number of nitrogens with zero attached hydrogens (tertiary/aromatic N) is 1. The van der Waals surface area contributed by atoms with Gasteiger partial charge in [0.2, 0.25) is 10.0 Å². The largest absolute Gasteiger partial charge is 0.497 e. The molecule has 6 nitrogen and oxygen atoms in total. The average molecular weight is 339 g/mol. The van der Waals surface area contributed by atoms with Gasteiger partial charge in [-0.1, -0.05) is 0 Å². The lowest BCUT2D eigenvalue weighted by atomic mass is 9.88. The second-order valence-electron chi connectivity index (χ2n) is 6.43. The average Bonchev–Trinajstić information content (AvgIpc) is 3.26. The molecule has 0 radical (unpaired) electrons. The zero-order valence-corrected chi connectivity index (χ0v) is 13.9. The van der Waals surface area contributed by atoms with E-state index in [2.05, 4.69) is 0 Å². The number of carbonyl (C=O) groups is 1. The summed E-state index contributed by atoms with van der Waals surface area (Å²) < 4.78 is 32.5. The fourth-order valence-corrected chi connectivity index (χ4v) is 5.39. The van der Waals surface area contributed by atoms with Crippen molar-refractivity contribution in [3.05, 3.63) is 24.3 Å². The van der Waals surface area contributed by atoms with Crippen molar-refractivity contribution >= 4 is 16.0 Å². The zero-order chi connectivity index (χ0) is 16.7. The Morgan fingerprint density at radius 2 is 2.00 bits per heavy atom. The molecule has 1 aliphatic carbocycles. The summed E-state index contributed by atoms with van der Waals surface area (Å²) in [5.41, 5.74) is -0.364. The summed E-state index contributed by atoms with van der Waals surface area (Å²) in [4.78, 5) is 11.2. The molecule has 1 unspecified atom stereocenters.